The summed E-state index contributed by atoms with van der Waals surface area (Å²) in [5.41, 5.74) is 4.61. The highest BCUT2D eigenvalue weighted by Gasteiger charge is 2.15. The molecule has 1 atom stereocenters. The van der Waals surface area contributed by atoms with E-state index in [1.54, 1.807) is 12.1 Å². The van der Waals surface area contributed by atoms with Crippen molar-refractivity contribution in [3.8, 4) is 11.3 Å². The second-order valence-electron chi connectivity index (χ2n) is 7.19. The number of benzene rings is 3. The molecule has 31 heavy (non-hydrogen) atoms. The van der Waals surface area contributed by atoms with Gasteiger partial charge in [0.25, 0.3) is 5.69 Å². The molecule has 0 fully saturated rings. The number of hydrogen-bond acceptors (Lipinski definition) is 5. The minimum atomic E-state index is -0.839. The van der Waals surface area contributed by atoms with Gasteiger partial charge in [-0.25, -0.2) is 4.99 Å². The number of hydrogen-bond donors (Lipinski definition) is 1. The molecule has 7 heteroatoms. The van der Waals surface area contributed by atoms with Crippen LogP contribution in [-0.4, -0.2) is 14.6 Å². The summed E-state index contributed by atoms with van der Waals surface area (Å²) >= 11 is 1.51. The lowest BCUT2D eigenvalue weighted by atomic mass is 10.1. The molecule has 0 radical (unpaired) electrons. The van der Waals surface area contributed by atoms with E-state index >= 15 is 0 Å². The first kappa shape index (κ1) is 20.7. The molecule has 4 rings (SSSR count). The third-order valence-corrected chi connectivity index (χ3v) is 5.83. The van der Waals surface area contributed by atoms with Gasteiger partial charge in [-0.05, 0) is 42.3 Å². The van der Waals surface area contributed by atoms with Crippen molar-refractivity contribution in [3.05, 3.63) is 110 Å². The zero-order valence-electron chi connectivity index (χ0n) is 16.9. The summed E-state index contributed by atoms with van der Waals surface area (Å²) in [6.07, 6.45) is -0.839. The van der Waals surface area contributed by atoms with E-state index in [0.29, 0.717) is 5.56 Å². The molecule has 0 bridgehead atoms. The number of nitro benzene ring substituents is 1. The molecule has 6 nitrogen and oxygen atoms in total. The van der Waals surface area contributed by atoms with Crippen LogP contribution in [0.25, 0.3) is 11.3 Å². The van der Waals surface area contributed by atoms with Crippen molar-refractivity contribution in [1.82, 2.24) is 4.57 Å². The fraction of sp³-hybridized carbons (Fsp3) is 0.125. The molecule has 3 aromatic carbocycles. The molecule has 4 aromatic rings. The predicted octanol–water partition coefficient (Wildman–Crippen LogP) is 5.40. The Hall–Kier alpha value is -3.55. The van der Waals surface area contributed by atoms with E-state index in [2.05, 4.69) is 24.3 Å². The van der Waals surface area contributed by atoms with E-state index in [1.807, 2.05) is 47.2 Å². The maximum Gasteiger partial charge on any atom is 0.269 e. The Kier molecular flexibility index (Phi) is 6.06. The Morgan fingerprint density at radius 3 is 2.35 bits per heavy atom. The molecule has 0 aliphatic heterocycles. The van der Waals surface area contributed by atoms with Crippen molar-refractivity contribution >= 4 is 22.7 Å². The molecule has 0 aliphatic carbocycles. The van der Waals surface area contributed by atoms with Crippen LogP contribution >= 0.6 is 11.3 Å². The van der Waals surface area contributed by atoms with E-state index in [0.717, 1.165) is 21.7 Å². The molecular formula is C24H21N3O3S. The second kappa shape index (κ2) is 9.07. The predicted molar refractivity (Wildman–Crippen MR) is 122 cm³/mol. The van der Waals surface area contributed by atoms with Gasteiger partial charge < -0.3 is 9.67 Å². The lowest BCUT2D eigenvalue weighted by molar-refractivity contribution is -0.384. The molecule has 156 valence electrons. The monoisotopic (exact) mass is 431 g/mol. The first-order valence-electron chi connectivity index (χ1n) is 9.79. The zero-order chi connectivity index (χ0) is 21.8. The summed E-state index contributed by atoms with van der Waals surface area (Å²) < 4.78 is 1.99. The smallest absolute Gasteiger partial charge is 0.269 e. The largest absolute Gasteiger partial charge is 0.387 e. The average Bonchev–Trinajstić information content (AvgIpc) is 3.17. The summed E-state index contributed by atoms with van der Waals surface area (Å²) in [6, 6.07) is 23.9. The van der Waals surface area contributed by atoms with Gasteiger partial charge in [-0.15, -0.1) is 11.3 Å². The molecule has 0 aliphatic rings. The van der Waals surface area contributed by atoms with Crippen LogP contribution < -0.4 is 4.80 Å². The summed E-state index contributed by atoms with van der Waals surface area (Å²) in [5, 5.41) is 23.8. The lowest BCUT2D eigenvalue weighted by Gasteiger charge is -2.15. The number of rotatable bonds is 6. The van der Waals surface area contributed by atoms with Crippen molar-refractivity contribution in [2.24, 2.45) is 4.99 Å². The third-order valence-electron chi connectivity index (χ3n) is 4.97. The average molecular weight is 432 g/mol. The van der Waals surface area contributed by atoms with E-state index in [9.17, 15) is 15.2 Å². The standard InChI is InChI=1S/C24H21N3O3S/c1-17-7-9-18(10-8-17)22-16-31-24(25-20-5-3-2-4-6-20)26(22)15-23(28)19-11-13-21(14-12-19)27(29)30/h2-14,16,23,28H,15H2,1H3. The van der Waals surface area contributed by atoms with Gasteiger partial charge in [0.2, 0.25) is 0 Å². The molecule has 0 amide bonds. The number of thiazole rings is 1. The van der Waals surface area contributed by atoms with Gasteiger partial charge in [0.1, 0.15) is 0 Å². The second-order valence-corrected chi connectivity index (χ2v) is 8.03. The van der Waals surface area contributed by atoms with Gasteiger partial charge in [-0.3, -0.25) is 10.1 Å². The molecule has 0 saturated carbocycles. The Morgan fingerprint density at radius 1 is 1.03 bits per heavy atom. The van der Waals surface area contributed by atoms with Crippen molar-refractivity contribution < 1.29 is 10.0 Å². The number of non-ortho nitro benzene ring substituents is 1. The summed E-state index contributed by atoms with van der Waals surface area (Å²) in [7, 11) is 0. The SMILES string of the molecule is Cc1ccc(-c2csc(=Nc3ccccc3)n2CC(O)c2ccc([N+](=O)[O-])cc2)cc1. The molecule has 0 saturated heterocycles. The van der Waals surface area contributed by atoms with Crippen LogP contribution in [0.4, 0.5) is 11.4 Å². The van der Waals surface area contributed by atoms with Gasteiger partial charge in [0.05, 0.1) is 29.0 Å². The van der Waals surface area contributed by atoms with Crippen LogP contribution in [0.2, 0.25) is 0 Å². The highest BCUT2D eigenvalue weighted by molar-refractivity contribution is 7.07. The Balaban J connectivity index is 1.74. The van der Waals surface area contributed by atoms with Crippen molar-refractivity contribution in [1.29, 1.82) is 0 Å². The molecule has 1 aromatic heterocycles. The maximum atomic E-state index is 10.9. The third kappa shape index (κ3) is 4.79. The van der Waals surface area contributed by atoms with E-state index < -0.39 is 11.0 Å². The number of nitro groups is 1. The van der Waals surface area contributed by atoms with Gasteiger partial charge >= 0.3 is 0 Å². The van der Waals surface area contributed by atoms with Crippen molar-refractivity contribution in [2.45, 2.75) is 19.6 Å². The maximum absolute atomic E-state index is 10.9. The minimum absolute atomic E-state index is 0.000697. The first-order chi connectivity index (χ1) is 15.0. The fourth-order valence-corrected chi connectivity index (χ4v) is 4.20. The molecular weight excluding hydrogens is 410 g/mol. The molecule has 0 spiro atoms. The number of para-hydroxylation sites is 1. The van der Waals surface area contributed by atoms with E-state index in [1.165, 1.54) is 29.0 Å². The Morgan fingerprint density at radius 2 is 1.71 bits per heavy atom. The van der Waals surface area contributed by atoms with E-state index in [-0.39, 0.29) is 12.2 Å². The number of aryl methyl sites for hydroxylation is 1. The molecule has 1 unspecified atom stereocenters. The van der Waals surface area contributed by atoms with Crippen molar-refractivity contribution in [3.63, 3.8) is 0 Å². The highest BCUT2D eigenvalue weighted by atomic mass is 32.1. The van der Waals surface area contributed by atoms with Crippen LogP contribution in [-0.2, 0) is 6.54 Å². The van der Waals surface area contributed by atoms with Crippen LogP contribution in [0.1, 0.15) is 17.2 Å². The summed E-state index contributed by atoms with van der Waals surface area (Å²) in [4.78, 5) is 16.0. The normalized spacial score (nSPS) is 12.6. The summed E-state index contributed by atoms with van der Waals surface area (Å²) in [6.45, 7) is 2.32. The van der Waals surface area contributed by atoms with Gasteiger partial charge in [-0.2, -0.15) is 0 Å². The van der Waals surface area contributed by atoms with Crippen LogP contribution in [0.5, 0.6) is 0 Å². The number of nitrogens with zero attached hydrogens (tertiary/aromatic N) is 3. The van der Waals surface area contributed by atoms with Crippen LogP contribution in [0, 0.1) is 17.0 Å². The van der Waals surface area contributed by atoms with Gasteiger partial charge in [-0.1, -0.05) is 48.0 Å². The van der Waals surface area contributed by atoms with Gasteiger partial charge in [0.15, 0.2) is 4.80 Å². The number of aromatic nitrogens is 1. The van der Waals surface area contributed by atoms with Crippen molar-refractivity contribution in [2.75, 3.05) is 0 Å². The Labute approximate surface area is 183 Å². The molecule has 1 N–H and O–H groups in total. The topological polar surface area (TPSA) is 80.7 Å². The summed E-state index contributed by atoms with van der Waals surface area (Å²) in [5.74, 6) is 0. The first-order valence-corrected chi connectivity index (χ1v) is 10.7. The number of aliphatic hydroxyl groups is 1. The Bertz CT molecular complexity index is 1240. The van der Waals surface area contributed by atoms with Crippen LogP contribution in [0.15, 0.2) is 89.2 Å². The van der Waals surface area contributed by atoms with E-state index in [4.69, 9.17) is 4.99 Å². The van der Waals surface area contributed by atoms with Gasteiger partial charge in [0, 0.05) is 17.5 Å². The van der Waals surface area contributed by atoms with Crippen LogP contribution in [0.3, 0.4) is 0 Å². The number of aliphatic hydroxyl groups excluding tert-OH is 1. The lowest BCUT2D eigenvalue weighted by Crippen LogP contribution is -2.20. The molecule has 1 heterocycles. The zero-order valence-corrected chi connectivity index (χ0v) is 17.7. The quantitative estimate of drug-likeness (QED) is 0.328. The fourth-order valence-electron chi connectivity index (χ4n) is 3.26. The minimum Gasteiger partial charge on any atom is -0.387 e. The highest BCUT2D eigenvalue weighted by Crippen LogP contribution is 2.25.